The number of aromatic nitrogens is 1. The molecule has 1 heterocycles. The van der Waals surface area contributed by atoms with Crippen LogP contribution in [0.4, 0.5) is 5.82 Å². The van der Waals surface area contributed by atoms with Crippen LogP contribution in [0.25, 0.3) is 10.9 Å². The molecule has 0 spiro atoms. The zero-order valence-electron chi connectivity index (χ0n) is 10.8. The molecule has 94 valence electrons. The molecule has 0 unspecified atom stereocenters. The number of nitrogens with zero attached hydrogens (tertiary/aromatic N) is 2. The van der Waals surface area contributed by atoms with Gasteiger partial charge >= 0.3 is 0 Å². The summed E-state index contributed by atoms with van der Waals surface area (Å²) in [6.45, 7) is 2.76. The van der Waals surface area contributed by atoms with E-state index in [9.17, 15) is 0 Å². The van der Waals surface area contributed by atoms with Crippen molar-refractivity contribution in [2.75, 3.05) is 18.5 Å². The van der Waals surface area contributed by atoms with Crippen molar-refractivity contribution in [3.8, 4) is 0 Å². The first kappa shape index (κ1) is 12.4. The van der Waals surface area contributed by atoms with Gasteiger partial charge in [-0.2, -0.15) is 0 Å². The van der Waals surface area contributed by atoms with Crippen molar-refractivity contribution >= 4 is 22.6 Å². The van der Waals surface area contributed by atoms with Gasteiger partial charge in [0.15, 0.2) is 0 Å². The van der Waals surface area contributed by atoms with Crippen LogP contribution in [0, 0.1) is 12.3 Å². The number of hydrogen-bond donors (Lipinski definition) is 2. The van der Waals surface area contributed by atoms with Crippen molar-refractivity contribution in [1.82, 2.24) is 4.98 Å². The van der Waals surface area contributed by atoms with Gasteiger partial charge in [-0.15, -0.1) is 0 Å². The van der Waals surface area contributed by atoms with E-state index in [0.29, 0.717) is 13.0 Å². The summed E-state index contributed by atoms with van der Waals surface area (Å²) in [6, 6.07) is 10.2. The first-order valence-electron chi connectivity index (χ1n) is 5.98. The average Bonchev–Trinajstić information content (AvgIpc) is 2.35. The molecule has 2 aromatic rings. The molecule has 4 nitrogen and oxygen atoms in total. The zero-order valence-corrected chi connectivity index (χ0v) is 10.8. The Balaban J connectivity index is 2.32. The summed E-state index contributed by atoms with van der Waals surface area (Å²) < 4.78 is 0. The van der Waals surface area contributed by atoms with Crippen molar-refractivity contribution in [3.05, 3.63) is 35.9 Å². The lowest BCUT2D eigenvalue weighted by Gasteiger charge is -2.20. The molecule has 0 aliphatic carbocycles. The molecule has 4 heteroatoms. The van der Waals surface area contributed by atoms with E-state index in [4.69, 9.17) is 11.1 Å². The van der Waals surface area contributed by atoms with E-state index in [1.807, 2.05) is 30.1 Å². The second-order valence-corrected chi connectivity index (χ2v) is 4.52. The van der Waals surface area contributed by atoms with Crippen LogP contribution in [0.1, 0.15) is 12.0 Å². The second kappa shape index (κ2) is 5.04. The molecule has 0 saturated heterocycles. The Morgan fingerprint density at radius 1 is 1.39 bits per heavy atom. The third-order valence-electron chi connectivity index (χ3n) is 2.97. The number of pyridine rings is 1. The summed E-state index contributed by atoms with van der Waals surface area (Å²) >= 11 is 0. The Labute approximate surface area is 107 Å². The number of anilines is 1. The van der Waals surface area contributed by atoms with Crippen LogP contribution in [0.2, 0.25) is 0 Å². The Bertz CT molecular complexity index is 577. The molecular formula is C14H18N4. The summed E-state index contributed by atoms with van der Waals surface area (Å²) in [6.07, 6.45) is 0.560. The Morgan fingerprint density at radius 2 is 2.11 bits per heavy atom. The maximum atomic E-state index is 7.27. The largest absolute Gasteiger partial charge is 0.388 e. The Morgan fingerprint density at radius 3 is 2.83 bits per heavy atom. The third-order valence-corrected chi connectivity index (χ3v) is 2.97. The van der Waals surface area contributed by atoms with Gasteiger partial charge in [0.25, 0.3) is 0 Å². The van der Waals surface area contributed by atoms with Gasteiger partial charge in [-0.25, -0.2) is 4.98 Å². The number of nitrogens with one attached hydrogen (secondary N) is 1. The minimum absolute atomic E-state index is 0.209. The molecule has 0 aliphatic heterocycles. The maximum absolute atomic E-state index is 7.27. The van der Waals surface area contributed by atoms with Gasteiger partial charge in [-0.05, 0) is 24.6 Å². The fraction of sp³-hybridized carbons (Fsp3) is 0.286. The van der Waals surface area contributed by atoms with E-state index in [0.717, 1.165) is 22.3 Å². The molecular weight excluding hydrogens is 224 g/mol. The monoisotopic (exact) mass is 242 g/mol. The first-order valence-corrected chi connectivity index (χ1v) is 5.98. The Hall–Kier alpha value is -2.10. The molecule has 1 aromatic carbocycles. The minimum atomic E-state index is 0.209. The van der Waals surface area contributed by atoms with Gasteiger partial charge in [0, 0.05) is 25.4 Å². The first-order chi connectivity index (χ1) is 8.58. The van der Waals surface area contributed by atoms with Crippen LogP contribution in [0.5, 0.6) is 0 Å². The van der Waals surface area contributed by atoms with Crippen LogP contribution in [-0.2, 0) is 0 Å². The second-order valence-electron chi connectivity index (χ2n) is 4.52. The van der Waals surface area contributed by atoms with Gasteiger partial charge < -0.3 is 10.6 Å². The molecule has 0 fully saturated rings. The number of para-hydroxylation sites is 1. The lowest BCUT2D eigenvalue weighted by atomic mass is 10.1. The van der Waals surface area contributed by atoms with E-state index in [2.05, 4.69) is 24.0 Å². The molecule has 18 heavy (non-hydrogen) atoms. The van der Waals surface area contributed by atoms with E-state index in [1.54, 1.807) is 0 Å². The summed E-state index contributed by atoms with van der Waals surface area (Å²) in [5.74, 6) is 1.16. The molecule has 0 radical (unpaired) electrons. The Kier molecular flexibility index (Phi) is 3.46. The van der Waals surface area contributed by atoms with Gasteiger partial charge in [-0.1, -0.05) is 18.2 Å². The van der Waals surface area contributed by atoms with Gasteiger partial charge in [0.1, 0.15) is 5.82 Å². The molecule has 0 atom stereocenters. The number of aryl methyl sites for hydroxylation is 1. The molecule has 1 aromatic heterocycles. The van der Waals surface area contributed by atoms with E-state index in [1.165, 1.54) is 0 Å². The third kappa shape index (κ3) is 2.59. The van der Waals surface area contributed by atoms with Crippen molar-refractivity contribution in [2.24, 2.45) is 5.73 Å². The fourth-order valence-electron chi connectivity index (χ4n) is 1.99. The number of nitrogens with two attached hydrogens (primary N) is 1. The van der Waals surface area contributed by atoms with Crippen LogP contribution in [0.3, 0.4) is 0 Å². The highest BCUT2D eigenvalue weighted by Crippen LogP contribution is 2.21. The van der Waals surface area contributed by atoms with Gasteiger partial charge in [0.05, 0.1) is 11.4 Å². The highest BCUT2D eigenvalue weighted by atomic mass is 15.2. The van der Waals surface area contributed by atoms with Crippen molar-refractivity contribution < 1.29 is 0 Å². The molecule has 3 N–H and O–H groups in total. The predicted molar refractivity (Wildman–Crippen MR) is 76.3 cm³/mol. The van der Waals surface area contributed by atoms with Gasteiger partial charge in [-0.3, -0.25) is 5.41 Å². The van der Waals surface area contributed by atoms with Crippen LogP contribution < -0.4 is 10.6 Å². The summed E-state index contributed by atoms with van der Waals surface area (Å²) in [4.78, 5) is 6.71. The van der Waals surface area contributed by atoms with Crippen LogP contribution in [-0.4, -0.2) is 24.4 Å². The minimum Gasteiger partial charge on any atom is -0.388 e. The number of rotatable bonds is 4. The number of hydrogen-bond acceptors (Lipinski definition) is 3. The molecule has 2 rings (SSSR count). The predicted octanol–water partition coefficient (Wildman–Crippen LogP) is 2.31. The van der Waals surface area contributed by atoms with E-state index < -0.39 is 0 Å². The highest BCUT2D eigenvalue weighted by Gasteiger charge is 2.08. The number of amidine groups is 1. The zero-order chi connectivity index (χ0) is 13.1. The molecule has 0 saturated carbocycles. The molecule has 0 amide bonds. The smallest absolute Gasteiger partial charge is 0.131 e. The SMILES string of the molecule is Cc1cc2ccccc2nc1N(C)CCC(=N)N. The van der Waals surface area contributed by atoms with Crippen LogP contribution in [0.15, 0.2) is 30.3 Å². The standard InChI is InChI=1S/C14H18N4/c1-10-9-11-5-3-4-6-12(11)17-14(10)18(2)8-7-13(15)16/h3-6,9H,7-8H2,1-2H3,(H3,15,16). The number of fused-ring (bicyclic) bond motifs is 1. The maximum Gasteiger partial charge on any atom is 0.131 e. The highest BCUT2D eigenvalue weighted by molar-refractivity contribution is 5.82. The van der Waals surface area contributed by atoms with Crippen molar-refractivity contribution in [2.45, 2.75) is 13.3 Å². The average molecular weight is 242 g/mol. The molecule has 0 bridgehead atoms. The van der Waals surface area contributed by atoms with E-state index >= 15 is 0 Å². The van der Waals surface area contributed by atoms with Crippen LogP contribution >= 0.6 is 0 Å². The molecule has 0 aliphatic rings. The summed E-state index contributed by atoms with van der Waals surface area (Å²) in [7, 11) is 1.98. The van der Waals surface area contributed by atoms with E-state index in [-0.39, 0.29) is 5.84 Å². The van der Waals surface area contributed by atoms with Gasteiger partial charge in [0.2, 0.25) is 0 Å². The van der Waals surface area contributed by atoms with Crippen molar-refractivity contribution in [3.63, 3.8) is 0 Å². The topological polar surface area (TPSA) is 66.0 Å². The lowest BCUT2D eigenvalue weighted by molar-refractivity contribution is 0.888. The fourth-order valence-corrected chi connectivity index (χ4v) is 1.99. The number of benzene rings is 1. The lowest BCUT2D eigenvalue weighted by Crippen LogP contribution is -2.25. The summed E-state index contributed by atoms with van der Waals surface area (Å²) in [5.41, 5.74) is 7.52. The normalized spacial score (nSPS) is 10.6. The van der Waals surface area contributed by atoms with Crippen molar-refractivity contribution in [1.29, 1.82) is 5.41 Å². The summed E-state index contributed by atoms with van der Waals surface area (Å²) in [5, 5.41) is 8.42. The quantitative estimate of drug-likeness (QED) is 0.638.